The van der Waals surface area contributed by atoms with Crippen LogP contribution in [-0.4, -0.2) is 0 Å². The van der Waals surface area contributed by atoms with Crippen molar-refractivity contribution < 1.29 is 0 Å². The minimum atomic E-state index is -1.12. The van der Waals surface area contributed by atoms with Gasteiger partial charge in [0.25, 0.3) is 5.70 Å². The largest absolute Gasteiger partial charge is 0.270 e. The average Bonchev–Trinajstić information content (AvgIpc) is 2.92. The molecule has 162 valence electrons. The van der Waals surface area contributed by atoms with Gasteiger partial charge >= 0.3 is 0 Å². The van der Waals surface area contributed by atoms with E-state index in [1.807, 2.05) is 30.3 Å². The number of hydrogen-bond donors (Lipinski definition) is 0. The summed E-state index contributed by atoms with van der Waals surface area (Å²) in [5, 5.41) is 47.5. The molecule has 35 heavy (non-hydrogen) atoms. The third-order valence-electron chi connectivity index (χ3n) is 4.70. The third kappa shape index (κ3) is 6.53. The Bertz CT molecular complexity index is 1450. The Morgan fingerprint density at radius 2 is 1.34 bits per heavy atom. The highest BCUT2D eigenvalue weighted by Gasteiger charge is 2.18. The summed E-state index contributed by atoms with van der Waals surface area (Å²) in [4.78, 5) is 3.26. The first-order valence-corrected chi connectivity index (χ1v) is 10.2. The lowest BCUT2D eigenvalue weighted by Gasteiger charge is -2.09. The van der Waals surface area contributed by atoms with E-state index in [1.165, 1.54) is 12.2 Å². The van der Waals surface area contributed by atoms with Crippen LogP contribution in [0.2, 0.25) is 0 Å². The van der Waals surface area contributed by atoms with Crippen molar-refractivity contribution in [3.63, 3.8) is 0 Å². The summed E-state index contributed by atoms with van der Waals surface area (Å²) in [7, 11) is 0. The zero-order valence-corrected chi connectivity index (χ0v) is 18.4. The van der Waals surface area contributed by atoms with E-state index >= 15 is 0 Å². The van der Waals surface area contributed by atoms with Crippen LogP contribution < -0.4 is 0 Å². The van der Waals surface area contributed by atoms with Gasteiger partial charge in [-0.3, -0.25) is 0 Å². The van der Waals surface area contributed by atoms with Crippen molar-refractivity contribution in [2.75, 3.05) is 0 Å². The fourth-order valence-electron chi connectivity index (χ4n) is 3.15. The van der Waals surface area contributed by atoms with Gasteiger partial charge in [-0.2, -0.15) is 21.0 Å². The molecular weight excluding hydrogens is 432 g/mol. The van der Waals surface area contributed by atoms with E-state index in [0.29, 0.717) is 16.7 Å². The lowest BCUT2D eigenvalue weighted by Crippen LogP contribution is -2.01. The maximum atomic E-state index is 9.67. The van der Waals surface area contributed by atoms with E-state index in [-0.39, 0.29) is 22.4 Å². The SMILES string of the molecule is [C-]#[N+]/C(C#N)=C(/C(C#N)=C/C=C/C=C/C(C#N)=C(\c1ccccc1)C(C#N)C#N)c1ccccc1. The van der Waals surface area contributed by atoms with Crippen LogP contribution >= 0.6 is 0 Å². The minimum absolute atomic E-state index is 0.128. The molecule has 0 heterocycles. The normalized spacial score (nSPS) is 12.4. The summed E-state index contributed by atoms with van der Waals surface area (Å²) in [6.45, 7) is 7.29. The fraction of sp³-hybridized carbons (Fsp3) is 0.0345. The molecule has 0 saturated heterocycles. The molecule has 0 amide bonds. The highest BCUT2D eigenvalue weighted by molar-refractivity contribution is 5.88. The third-order valence-corrected chi connectivity index (χ3v) is 4.70. The average molecular weight is 448 g/mol. The van der Waals surface area contributed by atoms with Crippen molar-refractivity contribution in [1.29, 1.82) is 26.3 Å². The van der Waals surface area contributed by atoms with Crippen molar-refractivity contribution >= 4 is 11.1 Å². The number of hydrogen-bond acceptors (Lipinski definition) is 5. The molecule has 0 fully saturated rings. The summed E-state index contributed by atoms with van der Waals surface area (Å²) < 4.78 is 0. The van der Waals surface area contributed by atoms with Gasteiger partial charge in [-0.25, -0.2) is 10.1 Å². The Kier molecular flexibility index (Phi) is 9.76. The quantitative estimate of drug-likeness (QED) is 0.290. The molecule has 2 aromatic rings. The van der Waals surface area contributed by atoms with Crippen LogP contribution in [0.4, 0.5) is 0 Å². The summed E-state index contributed by atoms with van der Waals surface area (Å²) in [5.41, 5.74) is 1.78. The molecule has 0 aromatic heterocycles. The van der Waals surface area contributed by atoms with E-state index in [4.69, 9.17) is 6.57 Å². The van der Waals surface area contributed by atoms with Crippen LogP contribution in [0, 0.1) is 69.1 Å². The van der Waals surface area contributed by atoms with Crippen molar-refractivity contribution in [3.8, 4) is 30.3 Å². The summed E-state index contributed by atoms with van der Waals surface area (Å²) in [5.74, 6) is -1.12. The van der Waals surface area contributed by atoms with E-state index < -0.39 is 5.92 Å². The second kappa shape index (κ2) is 13.5. The zero-order chi connectivity index (χ0) is 25.5. The molecule has 0 aliphatic heterocycles. The van der Waals surface area contributed by atoms with E-state index in [2.05, 4.69) is 4.85 Å². The fourth-order valence-corrected chi connectivity index (χ4v) is 3.15. The Balaban J connectivity index is 2.48. The molecular formula is C29H16N6. The van der Waals surface area contributed by atoms with Crippen LogP contribution in [0.3, 0.4) is 0 Å². The van der Waals surface area contributed by atoms with Gasteiger partial charge in [-0.05, 0) is 23.3 Å². The van der Waals surface area contributed by atoms with Gasteiger partial charge in [0, 0.05) is 11.1 Å². The zero-order valence-electron chi connectivity index (χ0n) is 18.4. The predicted octanol–water partition coefficient (Wildman–Crippen LogP) is 6.04. The van der Waals surface area contributed by atoms with E-state index in [1.54, 1.807) is 78.9 Å². The molecule has 0 atom stereocenters. The van der Waals surface area contributed by atoms with Crippen LogP contribution in [0.25, 0.3) is 16.0 Å². The highest BCUT2D eigenvalue weighted by atomic mass is 14.7. The van der Waals surface area contributed by atoms with Crippen LogP contribution in [0.15, 0.2) is 108 Å². The molecule has 0 unspecified atom stereocenters. The molecule has 2 rings (SSSR count). The smallest absolute Gasteiger partial charge is 0.226 e. The Labute approximate surface area is 204 Å². The number of allylic oxidation sites excluding steroid dienone is 10. The molecule has 0 saturated carbocycles. The highest BCUT2D eigenvalue weighted by Crippen LogP contribution is 2.28. The maximum Gasteiger partial charge on any atom is 0.270 e. The standard InChI is InChI=1S/C29H16N6/c1-35-27(21-34)29(23-13-7-3-8-14-23)25(18-31)16-10-4-9-15-24(17-30)28(26(19-32)20-33)22-11-5-2-6-12-22/h2-16,26H/b10-4+,15-9+,25-16+,28-24-,29-27+. The van der Waals surface area contributed by atoms with Gasteiger partial charge in [0.05, 0.1) is 48.1 Å². The van der Waals surface area contributed by atoms with Crippen LogP contribution in [-0.2, 0) is 0 Å². The number of rotatable bonds is 7. The predicted molar refractivity (Wildman–Crippen MR) is 131 cm³/mol. The summed E-state index contributed by atoms with van der Waals surface area (Å²) in [6, 6.07) is 27.2. The molecule has 6 heteroatoms. The van der Waals surface area contributed by atoms with Gasteiger partial charge < -0.3 is 0 Å². The molecule has 0 aliphatic carbocycles. The first-order chi connectivity index (χ1) is 17.1. The monoisotopic (exact) mass is 448 g/mol. The Morgan fingerprint density at radius 1 is 0.743 bits per heavy atom. The molecule has 6 nitrogen and oxygen atoms in total. The van der Waals surface area contributed by atoms with Gasteiger partial charge in [-0.1, -0.05) is 78.9 Å². The minimum Gasteiger partial charge on any atom is -0.226 e. The molecule has 0 N–H and O–H groups in total. The summed E-state index contributed by atoms with van der Waals surface area (Å²) in [6.07, 6.45) is 7.60. The number of benzene rings is 2. The molecule has 0 spiro atoms. The topological polar surface area (TPSA) is 123 Å². The van der Waals surface area contributed by atoms with Crippen LogP contribution in [0.5, 0.6) is 0 Å². The number of nitrogens with zero attached hydrogens (tertiary/aromatic N) is 6. The molecule has 2 aromatic carbocycles. The maximum absolute atomic E-state index is 9.67. The van der Waals surface area contributed by atoms with Crippen LogP contribution in [0.1, 0.15) is 11.1 Å². The molecule has 0 aliphatic rings. The second-order valence-electron chi connectivity index (χ2n) is 6.75. The van der Waals surface area contributed by atoms with E-state index in [0.717, 1.165) is 0 Å². The van der Waals surface area contributed by atoms with Gasteiger partial charge in [-0.15, -0.1) is 0 Å². The Hall–Kier alpha value is -5.92. The molecule has 0 bridgehead atoms. The van der Waals surface area contributed by atoms with Gasteiger partial charge in [0.1, 0.15) is 0 Å². The van der Waals surface area contributed by atoms with E-state index in [9.17, 15) is 26.3 Å². The van der Waals surface area contributed by atoms with Crippen molar-refractivity contribution in [2.24, 2.45) is 5.92 Å². The lowest BCUT2D eigenvalue weighted by molar-refractivity contribution is 1.10. The summed E-state index contributed by atoms with van der Waals surface area (Å²) >= 11 is 0. The first kappa shape index (κ1) is 25.3. The molecule has 0 radical (unpaired) electrons. The lowest BCUT2D eigenvalue weighted by atomic mass is 9.90. The number of nitriles is 5. The van der Waals surface area contributed by atoms with Gasteiger partial charge in [0.2, 0.25) is 0 Å². The van der Waals surface area contributed by atoms with Crippen molar-refractivity contribution in [1.82, 2.24) is 0 Å². The van der Waals surface area contributed by atoms with Crippen molar-refractivity contribution in [2.45, 2.75) is 0 Å². The first-order valence-electron chi connectivity index (χ1n) is 10.2. The second-order valence-corrected chi connectivity index (χ2v) is 6.75. The van der Waals surface area contributed by atoms with Crippen molar-refractivity contribution in [3.05, 3.63) is 130 Å². The van der Waals surface area contributed by atoms with Gasteiger partial charge in [0.15, 0.2) is 5.92 Å². The Morgan fingerprint density at radius 3 is 1.83 bits per heavy atom.